The van der Waals surface area contributed by atoms with Gasteiger partial charge in [0.25, 0.3) is 0 Å². The van der Waals surface area contributed by atoms with E-state index in [0.29, 0.717) is 18.7 Å². The van der Waals surface area contributed by atoms with Gasteiger partial charge in [-0.25, -0.2) is 8.78 Å². The first-order valence-corrected chi connectivity index (χ1v) is 14.3. The van der Waals surface area contributed by atoms with Gasteiger partial charge in [0.2, 0.25) is 5.92 Å². The Morgan fingerprint density at radius 3 is 3.06 bits per heavy atom. The second-order valence-corrected chi connectivity index (χ2v) is 11.5. The van der Waals surface area contributed by atoms with E-state index in [0.717, 1.165) is 52.6 Å². The summed E-state index contributed by atoms with van der Waals surface area (Å²) < 4.78 is 39.9. The average Bonchev–Trinajstić information content (AvgIpc) is 3.41. The number of fused-ring (bicyclic) bond motifs is 1. The predicted octanol–water partition coefficient (Wildman–Crippen LogP) is 2.85. The minimum absolute atomic E-state index is 0.0107. The molecule has 33 heavy (non-hydrogen) atoms. The van der Waals surface area contributed by atoms with Crippen molar-refractivity contribution in [2.75, 3.05) is 5.32 Å². The number of hydrogen-bond donors (Lipinski definition) is 2. The summed E-state index contributed by atoms with van der Waals surface area (Å²) in [4.78, 5) is 9.29. The molecule has 0 saturated heterocycles. The number of halogens is 3. The Labute approximate surface area is 206 Å². The van der Waals surface area contributed by atoms with Crippen molar-refractivity contribution in [3.63, 3.8) is 0 Å². The first-order chi connectivity index (χ1) is 16.0. The van der Waals surface area contributed by atoms with Crippen LogP contribution in [0.4, 0.5) is 19.6 Å². The Morgan fingerprint density at radius 1 is 1.30 bits per heavy atom. The number of rotatable bonds is 5. The molecule has 3 aromatic rings. The summed E-state index contributed by atoms with van der Waals surface area (Å²) in [5.41, 5.74) is 4.69. The summed E-state index contributed by atoms with van der Waals surface area (Å²) in [6.45, 7) is 1.96. The van der Waals surface area contributed by atoms with Crippen LogP contribution in [0.5, 0.6) is 0 Å². The molecular weight excluding hydrogens is 557 g/mol. The number of alkyl halides is 2. The zero-order valence-electron chi connectivity index (χ0n) is 18.3. The van der Waals surface area contributed by atoms with Crippen LogP contribution >= 0.6 is 11.5 Å². The summed E-state index contributed by atoms with van der Waals surface area (Å²) in [6, 6.07) is 2.02. The molecule has 2 N–H and O–H groups in total. The fourth-order valence-corrected chi connectivity index (χ4v) is 6.39. The van der Waals surface area contributed by atoms with Crippen LogP contribution in [0.1, 0.15) is 55.6 Å². The van der Waals surface area contributed by atoms with Gasteiger partial charge in [0.15, 0.2) is 0 Å². The number of allylic oxidation sites excluding steroid dienone is 2. The van der Waals surface area contributed by atoms with E-state index in [1.165, 1.54) is 11.5 Å². The van der Waals surface area contributed by atoms with Crippen LogP contribution < -0.4 is 30.3 Å². The molecule has 6 nitrogen and oxygen atoms in total. The Morgan fingerprint density at radius 2 is 2.21 bits per heavy atom. The summed E-state index contributed by atoms with van der Waals surface area (Å²) in [6.07, 6.45) is 11.8. The first kappa shape index (κ1) is 22.7. The van der Waals surface area contributed by atoms with E-state index < -0.39 is 5.92 Å². The summed E-state index contributed by atoms with van der Waals surface area (Å²) in [5, 5.41) is 4.27. The molecule has 1 fully saturated rings. The Bertz CT molecular complexity index is 1200. The molecular formula is C23H26F2IN6S-. The van der Waals surface area contributed by atoms with E-state index in [1.54, 1.807) is 0 Å². The van der Waals surface area contributed by atoms with Gasteiger partial charge in [-0.3, -0.25) is 0 Å². The van der Waals surface area contributed by atoms with Crippen molar-refractivity contribution in [1.29, 1.82) is 0 Å². The summed E-state index contributed by atoms with van der Waals surface area (Å²) in [7, 11) is 0. The second-order valence-electron chi connectivity index (χ2n) is 8.70. The van der Waals surface area contributed by atoms with Crippen LogP contribution in [0.2, 0.25) is 0 Å². The van der Waals surface area contributed by atoms with Crippen molar-refractivity contribution in [3.8, 4) is 0 Å². The van der Waals surface area contributed by atoms with Crippen molar-refractivity contribution in [2.45, 2.75) is 57.8 Å². The fourth-order valence-electron chi connectivity index (χ4n) is 4.42. The quantitative estimate of drug-likeness (QED) is 0.358. The predicted molar refractivity (Wildman–Crippen MR) is 123 cm³/mol. The first-order valence-electron chi connectivity index (χ1n) is 11.2. The van der Waals surface area contributed by atoms with Crippen LogP contribution in [0.25, 0.3) is 11.2 Å². The van der Waals surface area contributed by atoms with E-state index in [2.05, 4.69) is 37.7 Å². The zero-order valence-corrected chi connectivity index (χ0v) is 21.3. The van der Waals surface area contributed by atoms with E-state index >= 15 is 0 Å². The van der Waals surface area contributed by atoms with Crippen LogP contribution in [0.3, 0.4) is 0 Å². The number of imidazole rings is 1. The number of nitrogens with zero attached hydrogens (tertiary/aromatic N) is 4. The summed E-state index contributed by atoms with van der Waals surface area (Å²) >= 11 is 1.28. The number of aryl methyl sites for hydroxylation is 1. The molecule has 1 saturated carbocycles. The average molecular weight is 583 g/mol. The zero-order chi connectivity index (χ0) is 22.8. The van der Waals surface area contributed by atoms with Gasteiger partial charge in [-0.1, -0.05) is 12.8 Å². The standard InChI is InChI=1S/C23H26F2IN6S/c1-15-14-32-19(17-6-9-26-28-12-17)13-27-22(32)21(29-15)30-20-11-18(31-33-20)10-16-4-2-3-7-23(24,25)8-5-16/h6,9,11-14,16,28H,2-5,7-8,10H2,1H3,(H,29,30)/q-1. The molecule has 1 aliphatic carbocycles. The topological polar surface area (TPSA) is 67.1 Å². The Hall–Kier alpha value is -2.08. The van der Waals surface area contributed by atoms with Crippen LogP contribution in [-0.4, -0.2) is 24.7 Å². The maximum absolute atomic E-state index is 13.8. The molecule has 176 valence electrons. The second kappa shape index (κ2) is 9.65. The van der Waals surface area contributed by atoms with Gasteiger partial charge in [-0.15, -0.1) is 0 Å². The number of hydrogen-bond acceptors (Lipinski definition) is 6. The molecule has 0 spiro atoms. The number of anilines is 2. The van der Waals surface area contributed by atoms with Gasteiger partial charge in [-0.2, -0.15) is 0 Å². The molecule has 3 aromatic heterocycles. The monoisotopic (exact) mass is 583 g/mol. The SMILES string of the molecule is Cc1cn2c(C3=CN[I-]C=C3)cnc2c(Nc2cc(CC3CCCCC(F)(F)CC3)ns2)n1. The van der Waals surface area contributed by atoms with E-state index in [1.807, 2.05) is 31.6 Å². The van der Waals surface area contributed by atoms with Crippen molar-refractivity contribution < 1.29 is 30.3 Å². The van der Waals surface area contributed by atoms with Gasteiger partial charge in [0.05, 0.1) is 0 Å². The van der Waals surface area contributed by atoms with Crippen LogP contribution in [0.15, 0.2) is 34.8 Å². The Kier molecular flexibility index (Phi) is 6.64. The fraction of sp³-hybridized carbons (Fsp3) is 0.435. The van der Waals surface area contributed by atoms with Crippen LogP contribution in [-0.2, 0) is 6.42 Å². The molecule has 0 radical (unpaired) electrons. The molecule has 0 bridgehead atoms. The van der Waals surface area contributed by atoms with E-state index in [4.69, 9.17) is 0 Å². The maximum atomic E-state index is 13.8. The van der Waals surface area contributed by atoms with Gasteiger partial charge in [0, 0.05) is 12.8 Å². The van der Waals surface area contributed by atoms with Crippen molar-refractivity contribution >= 4 is 33.6 Å². The third-order valence-electron chi connectivity index (χ3n) is 6.11. The minimum atomic E-state index is -2.51. The van der Waals surface area contributed by atoms with Gasteiger partial charge < -0.3 is 0 Å². The molecule has 0 aromatic carbocycles. The normalized spacial score (nSPS) is 20.9. The molecule has 4 heterocycles. The Balaban J connectivity index is 1.33. The van der Waals surface area contributed by atoms with Crippen LogP contribution in [0, 0.1) is 12.8 Å². The molecule has 0 amide bonds. The van der Waals surface area contributed by atoms with Gasteiger partial charge in [-0.05, 0) is 18.8 Å². The van der Waals surface area contributed by atoms with E-state index in [9.17, 15) is 8.78 Å². The number of aromatic nitrogens is 4. The summed E-state index contributed by atoms with van der Waals surface area (Å²) in [5.74, 6) is -1.57. The van der Waals surface area contributed by atoms with E-state index in [-0.39, 0.29) is 40.2 Å². The third-order valence-corrected chi connectivity index (χ3v) is 8.24. The van der Waals surface area contributed by atoms with Gasteiger partial charge >= 0.3 is 148 Å². The third kappa shape index (κ3) is 5.37. The molecule has 1 unspecified atom stereocenters. The molecule has 2 aliphatic rings. The molecule has 5 rings (SSSR count). The molecule has 1 atom stereocenters. The molecule has 10 heteroatoms. The van der Waals surface area contributed by atoms with Gasteiger partial charge in [0.1, 0.15) is 0 Å². The van der Waals surface area contributed by atoms with Crippen molar-refractivity contribution in [1.82, 2.24) is 22.3 Å². The van der Waals surface area contributed by atoms with Crippen molar-refractivity contribution in [2.24, 2.45) is 5.92 Å². The molecule has 1 aliphatic heterocycles. The number of nitrogens with one attached hydrogen (secondary N) is 2. The van der Waals surface area contributed by atoms with Crippen molar-refractivity contribution in [3.05, 3.63) is 51.9 Å².